The smallest absolute Gasteiger partial charge is 0.318 e. The second-order valence-corrected chi connectivity index (χ2v) is 8.32. The van der Waals surface area contributed by atoms with Gasteiger partial charge in [-0.2, -0.15) is 0 Å². The summed E-state index contributed by atoms with van der Waals surface area (Å²) in [6.07, 6.45) is 0.769. The molecule has 3 rings (SSSR count). The number of carbonyl (C=O) groups excluding carboxylic acids is 1. The first-order valence-corrected chi connectivity index (χ1v) is 9.39. The maximum absolute atomic E-state index is 13.0. The normalized spacial score (nSPS) is 17.4. The maximum atomic E-state index is 13.0. The van der Waals surface area contributed by atoms with Gasteiger partial charge in [-0.1, -0.05) is 36.9 Å². The fourth-order valence-corrected chi connectivity index (χ4v) is 4.62. The van der Waals surface area contributed by atoms with E-state index in [1.165, 1.54) is 18.9 Å². The van der Waals surface area contributed by atoms with Crippen molar-refractivity contribution < 1.29 is 9.53 Å². The van der Waals surface area contributed by atoms with E-state index in [0.717, 1.165) is 17.8 Å². The zero-order valence-corrected chi connectivity index (χ0v) is 15.3. The van der Waals surface area contributed by atoms with Crippen molar-refractivity contribution in [3.8, 4) is 5.69 Å². The number of nitrogens with zero attached hydrogens (tertiary/aromatic N) is 2. The molecule has 1 aliphatic rings. The third kappa shape index (κ3) is 3.23. The van der Waals surface area contributed by atoms with Gasteiger partial charge < -0.3 is 4.74 Å². The summed E-state index contributed by atoms with van der Waals surface area (Å²) in [4.78, 5) is 30.2. The third-order valence-electron chi connectivity index (χ3n) is 3.71. The largest absolute Gasteiger partial charge is 0.468 e. The van der Waals surface area contributed by atoms with Crippen LogP contribution in [0.25, 0.3) is 5.69 Å². The Labute approximate surface area is 148 Å². The maximum Gasteiger partial charge on any atom is 0.318 e. The van der Waals surface area contributed by atoms with E-state index in [4.69, 9.17) is 9.72 Å². The standard InChI is InChI=1S/C17H18N2O3S2/c1-10-9-13-14(23-10)15(20)19(12-7-5-4-6-8-12)17(18-13)24-11(2)16(21)22-3/h4-8,10-11H,9H2,1-3H3/t10-,11+/m0/s1. The van der Waals surface area contributed by atoms with Crippen molar-refractivity contribution >= 4 is 29.5 Å². The number of esters is 1. The predicted octanol–water partition coefficient (Wildman–Crippen LogP) is 2.92. The number of thioether (sulfide) groups is 2. The fourth-order valence-electron chi connectivity index (χ4n) is 2.56. The van der Waals surface area contributed by atoms with E-state index in [0.29, 0.717) is 15.3 Å². The Bertz CT molecular complexity index is 821. The van der Waals surface area contributed by atoms with E-state index in [1.54, 1.807) is 23.3 Å². The quantitative estimate of drug-likeness (QED) is 0.473. The molecule has 1 aliphatic heterocycles. The van der Waals surface area contributed by atoms with Gasteiger partial charge in [-0.05, 0) is 19.1 Å². The highest BCUT2D eigenvalue weighted by atomic mass is 32.2. The lowest BCUT2D eigenvalue weighted by Crippen LogP contribution is -2.25. The van der Waals surface area contributed by atoms with Crippen LogP contribution < -0.4 is 5.56 Å². The van der Waals surface area contributed by atoms with Gasteiger partial charge in [-0.3, -0.25) is 14.2 Å². The summed E-state index contributed by atoms with van der Waals surface area (Å²) in [7, 11) is 1.36. The van der Waals surface area contributed by atoms with Crippen LogP contribution in [-0.4, -0.2) is 33.1 Å². The molecule has 1 aromatic heterocycles. The molecule has 0 aliphatic carbocycles. The van der Waals surface area contributed by atoms with E-state index >= 15 is 0 Å². The number of ether oxygens (including phenoxy) is 1. The molecule has 0 spiro atoms. The van der Waals surface area contributed by atoms with E-state index in [9.17, 15) is 9.59 Å². The molecule has 2 aromatic rings. The number of hydrogen-bond acceptors (Lipinski definition) is 6. The van der Waals surface area contributed by atoms with Gasteiger partial charge in [-0.15, -0.1) is 11.8 Å². The van der Waals surface area contributed by atoms with Crippen molar-refractivity contribution in [1.29, 1.82) is 0 Å². The van der Waals surface area contributed by atoms with E-state index in [1.807, 2.05) is 30.3 Å². The Morgan fingerprint density at radius 1 is 1.42 bits per heavy atom. The molecule has 5 nitrogen and oxygen atoms in total. The lowest BCUT2D eigenvalue weighted by atomic mass is 10.2. The van der Waals surface area contributed by atoms with Crippen molar-refractivity contribution in [1.82, 2.24) is 9.55 Å². The molecule has 24 heavy (non-hydrogen) atoms. The van der Waals surface area contributed by atoms with Gasteiger partial charge in [0.05, 0.1) is 23.4 Å². The number of rotatable bonds is 4. The molecule has 0 bridgehead atoms. The molecule has 0 saturated carbocycles. The number of para-hydroxylation sites is 1. The highest BCUT2D eigenvalue weighted by Gasteiger charge is 2.28. The van der Waals surface area contributed by atoms with Crippen molar-refractivity contribution in [3.05, 3.63) is 46.4 Å². The average molecular weight is 362 g/mol. The number of benzene rings is 1. The van der Waals surface area contributed by atoms with E-state index in [-0.39, 0.29) is 11.5 Å². The Morgan fingerprint density at radius 2 is 2.12 bits per heavy atom. The molecule has 0 N–H and O–H groups in total. The number of methoxy groups -OCH3 is 1. The molecule has 126 valence electrons. The van der Waals surface area contributed by atoms with Gasteiger partial charge in [-0.25, -0.2) is 4.98 Å². The minimum absolute atomic E-state index is 0.0693. The molecule has 7 heteroatoms. The van der Waals surface area contributed by atoms with Crippen LogP contribution in [0.4, 0.5) is 0 Å². The Morgan fingerprint density at radius 3 is 2.79 bits per heavy atom. The molecule has 0 radical (unpaired) electrons. The number of hydrogen-bond donors (Lipinski definition) is 0. The second-order valence-electron chi connectivity index (χ2n) is 5.56. The highest BCUT2D eigenvalue weighted by Crippen LogP contribution is 2.35. The highest BCUT2D eigenvalue weighted by molar-refractivity contribution is 8.00. The van der Waals surface area contributed by atoms with Gasteiger partial charge in [0.2, 0.25) is 0 Å². The van der Waals surface area contributed by atoms with Crippen LogP contribution in [0, 0.1) is 0 Å². The minimum atomic E-state index is -0.443. The summed E-state index contributed by atoms with van der Waals surface area (Å²) in [5.41, 5.74) is 1.50. The summed E-state index contributed by atoms with van der Waals surface area (Å²) in [6.45, 7) is 3.84. The Hall–Kier alpha value is -1.73. The van der Waals surface area contributed by atoms with Crippen LogP contribution in [0.3, 0.4) is 0 Å². The van der Waals surface area contributed by atoms with Crippen LogP contribution in [0.2, 0.25) is 0 Å². The molecule has 1 aromatic carbocycles. The predicted molar refractivity (Wildman–Crippen MR) is 96.2 cm³/mol. The first kappa shape index (κ1) is 17.1. The number of carbonyl (C=O) groups is 1. The van der Waals surface area contributed by atoms with E-state index < -0.39 is 5.25 Å². The lowest BCUT2D eigenvalue weighted by Gasteiger charge is -2.15. The first-order chi connectivity index (χ1) is 11.5. The lowest BCUT2D eigenvalue weighted by molar-refractivity contribution is -0.139. The van der Waals surface area contributed by atoms with Crippen LogP contribution in [0.15, 0.2) is 45.2 Å². The van der Waals surface area contributed by atoms with Crippen molar-refractivity contribution in [3.63, 3.8) is 0 Å². The third-order valence-corrected chi connectivity index (χ3v) is 5.96. The van der Waals surface area contributed by atoms with Gasteiger partial charge in [0.1, 0.15) is 5.25 Å². The summed E-state index contributed by atoms with van der Waals surface area (Å²) in [5.74, 6) is -0.336. The topological polar surface area (TPSA) is 61.2 Å². The second kappa shape index (κ2) is 7.03. The summed E-state index contributed by atoms with van der Waals surface area (Å²) < 4.78 is 6.38. The van der Waals surface area contributed by atoms with Crippen molar-refractivity contribution in [2.75, 3.05) is 7.11 Å². The molecule has 2 heterocycles. The molecule has 0 saturated heterocycles. The van der Waals surface area contributed by atoms with Crippen molar-refractivity contribution in [2.24, 2.45) is 0 Å². The summed E-state index contributed by atoms with van der Waals surface area (Å²) >= 11 is 2.82. The van der Waals surface area contributed by atoms with Gasteiger partial charge in [0.25, 0.3) is 5.56 Å². The molecular formula is C17H18N2O3S2. The Balaban J connectivity index is 2.13. The van der Waals surface area contributed by atoms with Gasteiger partial charge in [0.15, 0.2) is 5.16 Å². The van der Waals surface area contributed by atoms with Crippen LogP contribution in [0.5, 0.6) is 0 Å². The SMILES string of the molecule is COC(=O)[C@@H](C)Sc1nc2c(c(=O)n1-c1ccccc1)S[C@@H](C)C2. The van der Waals surface area contributed by atoms with Crippen LogP contribution >= 0.6 is 23.5 Å². The van der Waals surface area contributed by atoms with Crippen LogP contribution in [0.1, 0.15) is 19.5 Å². The van der Waals surface area contributed by atoms with Crippen LogP contribution in [-0.2, 0) is 16.0 Å². The molecule has 0 amide bonds. The van der Waals surface area contributed by atoms with Gasteiger partial charge in [0, 0.05) is 11.7 Å². The fraction of sp³-hybridized carbons (Fsp3) is 0.353. The minimum Gasteiger partial charge on any atom is -0.468 e. The van der Waals surface area contributed by atoms with E-state index in [2.05, 4.69) is 6.92 Å². The first-order valence-electron chi connectivity index (χ1n) is 7.63. The number of aromatic nitrogens is 2. The monoisotopic (exact) mass is 362 g/mol. The summed E-state index contributed by atoms with van der Waals surface area (Å²) in [6, 6.07) is 9.39. The van der Waals surface area contributed by atoms with Crippen molar-refractivity contribution in [2.45, 2.75) is 40.8 Å². The molecule has 0 unspecified atom stereocenters. The zero-order valence-electron chi connectivity index (χ0n) is 13.7. The molecule has 2 atom stereocenters. The average Bonchev–Trinajstić information content (AvgIpc) is 2.95. The Kier molecular flexibility index (Phi) is 5.01. The number of fused-ring (bicyclic) bond motifs is 1. The zero-order chi connectivity index (χ0) is 17.3. The molecular weight excluding hydrogens is 344 g/mol. The van der Waals surface area contributed by atoms with Gasteiger partial charge >= 0.3 is 5.97 Å². The molecule has 0 fully saturated rings. The summed E-state index contributed by atoms with van der Waals surface area (Å²) in [5, 5.41) is 0.418.